The molecule has 0 aliphatic carbocycles. The van der Waals surface area contributed by atoms with Crippen molar-refractivity contribution in [3.8, 4) is 5.69 Å². The molecule has 1 fully saturated rings. The third kappa shape index (κ3) is 3.83. The Hall–Kier alpha value is -2.68. The number of anilines is 1. The average Bonchev–Trinajstić information content (AvgIpc) is 3.46. The first-order valence-corrected chi connectivity index (χ1v) is 12.5. The van der Waals surface area contributed by atoms with Crippen LogP contribution in [-0.4, -0.2) is 48.0 Å². The van der Waals surface area contributed by atoms with Crippen LogP contribution in [0.2, 0.25) is 5.02 Å². The van der Waals surface area contributed by atoms with Crippen LogP contribution in [-0.2, 0) is 16.4 Å². The molecule has 5 rings (SSSR count). The van der Waals surface area contributed by atoms with E-state index in [1.54, 1.807) is 50.4 Å². The lowest BCUT2D eigenvalue weighted by atomic mass is 10.2. The van der Waals surface area contributed by atoms with Crippen molar-refractivity contribution in [2.45, 2.75) is 30.6 Å². The normalized spacial score (nSPS) is 16.8. The van der Waals surface area contributed by atoms with Crippen molar-refractivity contribution < 1.29 is 13.2 Å². The van der Waals surface area contributed by atoms with Crippen LogP contribution in [0.15, 0.2) is 59.8 Å². The van der Waals surface area contributed by atoms with Gasteiger partial charge < -0.3 is 4.90 Å². The number of nitrogens with zero attached hydrogens (tertiary/aromatic N) is 4. The smallest absolute Gasteiger partial charge is 0.261 e. The number of halogens is 1. The average molecular weight is 471 g/mol. The highest BCUT2D eigenvalue weighted by Gasteiger charge is 2.30. The Kier molecular flexibility index (Phi) is 5.53. The maximum absolute atomic E-state index is 13.2. The zero-order valence-electron chi connectivity index (χ0n) is 17.4. The first-order valence-electron chi connectivity index (χ1n) is 10.7. The van der Waals surface area contributed by atoms with Crippen LogP contribution in [0.3, 0.4) is 0 Å². The summed E-state index contributed by atoms with van der Waals surface area (Å²) in [7, 11) is -3.50. The second-order valence-electron chi connectivity index (χ2n) is 8.12. The van der Waals surface area contributed by atoms with Crippen molar-refractivity contribution in [2.75, 3.05) is 24.5 Å². The maximum atomic E-state index is 13.2. The molecule has 7 nitrogen and oxygen atoms in total. The fourth-order valence-corrected chi connectivity index (χ4v) is 6.11. The minimum absolute atomic E-state index is 0.163. The molecule has 0 atom stereocenters. The predicted molar refractivity (Wildman–Crippen MR) is 123 cm³/mol. The molecular formula is C23H23ClN4O3S. The van der Waals surface area contributed by atoms with Gasteiger partial charge in [0.15, 0.2) is 0 Å². The van der Waals surface area contributed by atoms with Gasteiger partial charge in [-0.05, 0) is 61.2 Å². The first-order chi connectivity index (χ1) is 15.4. The number of hydrogen-bond donors (Lipinski definition) is 0. The van der Waals surface area contributed by atoms with E-state index >= 15 is 0 Å². The molecule has 1 aromatic heterocycles. The minimum atomic E-state index is -3.50. The van der Waals surface area contributed by atoms with Crippen LogP contribution < -0.4 is 4.90 Å². The number of sulfonamides is 1. The topological polar surface area (TPSA) is 75.5 Å². The van der Waals surface area contributed by atoms with Crippen molar-refractivity contribution >= 4 is 33.2 Å². The maximum Gasteiger partial charge on any atom is 0.261 e. The number of amides is 1. The summed E-state index contributed by atoms with van der Waals surface area (Å²) in [5.74, 6) is -0.163. The summed E-state index contributed by atoms with van der Waals surface area (Å²) in [6, 6.07) is 12.3. The van der Waals surface area contributed by atoms with Gasteiger partial charge in [-0.25, -0.2) is 13.1 Å². The van der Waals surface area contributed by atoms with Gasteiger partial charge in [-0.2, -0.15) is 9.40 Å². The van der Waals surface area contributed by atoms with Gasteiger partial charge in [0.05, 0.1) is 22.3 Å². The van der Waals surface area contributed by atoms with Crippen LogP contribution in [0.5, 0.6) is 0 Å². The highest BCUT2D eigenvalue weighted by molar-refractivity contribution is 7.89. The van der Waals surface area contributed by atoms with Gasteiger partial charge in [-0.15, -0.1) is 0 Å². The molecule has 1 amide bonds. The van der Waals surface area contributed by atoms with E-state index in [-0.39, 0.29) is 5.91 Å². The predicted octanol–water partition coefficient (Wildman–Crippen LogP) is 3.90. The summed E-state index contributed by atoms with van der Waals surface area (Å²) in [6.07, 6.45) is 6.70. The van der Waals surface area contributed by atoms with Crippen molar-refractivity contribution in [2.24, 2.45) is 0 Å². The molecule has 2 aliphatic heterocycles. The summed E-state index contributed by atoms with van der Waals surface area (Å²) in [5.41, 5.74) is 2.86. The first kappa shape index (κ1) is 21.2. The van der Waals surface area contributed by atoms with Gasteiger partial charge in [-0.3, -0.25) is 4.79 Å². The van der Waals surface area contributed by atoms with Gasteiger partial charge in [0.1, 0.15) is 0 Å². The quantitative estimate of drug-likeness (QED) is 0.579. The monoisotopic (exact) mass is 470 g/mol. The minimum Gasteiger partial charge on any atom is -0.308 e. The molecule has 2 aromatic carbocycles. The van der Waals surface area contributed by atoms with Crippen LogP contribution in [0, 0.1) is 0 Å². The highest BCUT2D eigenvalue weighted by Crippen LogP contribution is 2.33. The molecule has 166 valence electrons. The molecule has 0 spiro atoms. The number of benzene rings is 2. The van der Waals surface area contributed by atoms with Gasteiger partial charge >= 0.3 is 0 Å². The molecule has 1 saturated heterocycles. The third-order valence-corrected chi connectivity index (χ3v) is 8.18. The van der Waals surface area contributed by atoms with Crippen molar-refractivity contribution in [3.63, 3.8) is 0 Å². The highest BCUT2D eigenvalue weighted by atomic mass is 35.5. The Bertz CT molecular complexity index is 1280. The zero-order valence-corrected chi connectivity index (χ0v) is 19.0. The number of aromatic nitrogens is 2. The number of fused-ring (bicyclic) bond motifs is 1. The van der Waals surface area contributed by atoms with E-state index in [1.165, 1.54) is 6.20 Å². The molecule has 32 heavy (non-hydrogen) atoms. The lowest BCUT2D eigenvalue weighted by molar-refractivity contribution is 0.0989. The van der Waals surface area contributed by atoms with E-state index in [1.807, 2.05) is 12.1 Å². The Morgan fingerprint density at radius 3 is 2.59 bits per heavy atom. The summed E-state index contributed by atoms with van der Waals surface area (Å²) in [5, 5.41) is 4.89. The second-order valence-corrected chi connectivity index (χ2v) is 10.5. The molecule has 0 radical (unpaired) electrons. The molecule has 0 bridgehead atoms. The lowest BCUT2D eigenvalue weighted by Crippen LogP contribution is -2.35. The number of carbonyl (C=O) groups excluding carboxylic acids is 1. The molecule has 0 saturated carbocycles. The van der Waals surface area contributed by atoms with Crippen LogP contribution >= 0.6 is 11.6 Å². The summed E-state index contributed by atoms with van der Waals surface area (Å²) < 4.78 is 29.2. The fraction of sp³-hybridized carbons (Fsp3) is 0.304. The summed E-state index contributed by atoms with van der Waals surface area (Å²) in [4.78, 5) is 15.2. The number of rotatable bonds is 4. The van der Waals surface area contributed by atoms with E-state index in [9.17, 15) is 13.2 Å². The standard InChI is InChI=1S/C23H23ClN4O3S/c24-19-5-4-6-20(14-19)28-16-18(15-25-28)23(29)27-12-9-17-13-21(7-8-22(17)27)32(30,31)26-10-2-1-3-11-26/h4-8,13-16H,1-3,9-12H2. The molecule has 2 aliphatic rings. The lowest BCUT2D eigenvalue weighted by Gasteiger charge is -2.26. The molecule has 3 aromatic rings. The Labute approximate surface area is 192 Å². The van der Waals surface area contributed by atoms with Gasteiger partial charge in [0, 0.05) is 36.5 Å². The molecular weight excluding hydrogens is 448 g/mol. The Morgan fingerprint density at radius 1 is 1.00 bits per heavy atom. The number of carbonyl (C=O) groups is 1. The Balaban J connectivity index is 1.38. The summed E-state index contributed by atoms with van der Waals surface area (Å²) in [6.45, 7) is 1.64. The third-order valence-electron chi connectivity index (χ3n) is 6.05. The van der Waals surface area contributed by atoms with E-state index in [0.717, 1.165) is 36.2 Å². The van der Waals surface area contributed by atoms with Crippen LogP contribution in [0.25, 0.3) is 5.69 Å². The van der Waals surface area contributed by atoms with Crippen molar-refractivity contribution in [1.82, 2.24) is 14.1 Å². The van der Waals surface area contributed by atoms with Crippen molar-refractivity contribution in [3.05, 3.63) is 71.0 Å². The summed E-state index contributed by atoms with van der Waals surface area (Å²) >= 11 is 6.06. The van der Waals surface area contributed by atoms with Crippen LogP contribution in [0.4, 0.5) is 5.69 Å². The zero-order chi connectivity index (χ0) is 22.3. The van der Waals surface area contributed by atoms with E-state index in [4.69, 9.17) is 11.6 Å². The molecule has 9 heteroatoms. The molecule has 0 unspecified atom stereocenters. The van der Waals surface area contributed by atoms with Crippen molar-refractivity contribution in [1.29, 1.82) is 0 Å². The van der Waals surface area contributed by atoms with Gasteiger partial charge in [-0.1, -0.05) is 24.1 Å². The molecule has 3 heterocycles. The molecule has 0 N–H and O–H groups in total. The Morgan fingerprint density at radius 2 is 1.81 bits per heavy atom. The van der Waals surface area contributed by atoms with Gasteiger partial charge in [0.2, 0.25) is 10.0 Å². The second kappa shape index (κ2) is 8.35. The van der Waals surface area contributed by atoms with E-state index in [2.05, 4.69) is 5.10 Å². The largest absolute Gasteiger partial charge is 0.308 e. The number of piperidine rings is 1. The van der Waals surface area contributed by atoms with E-state index in [0.29, 0.717) is 41.5 Å². The van der Waals surface area contributed by atoms with Gasteiger partial charge in [0.25, 0.3) is 5.91 Å². The van der Waals surface area contributed by atoms with E-state index < -0.39 is 10.0 Å². The fourth-order valence-electron chi connectivity index (χ4n) is 4.35. The number of hydrogen-bond acceptors (Lipinski definition) is 4. The van der Waals surface area contributed by atoms with Crippen LogP contribution in [0.1, 0.15) is 35.2 Å². The SMILES string of the molecule is O=C(c1cnn(-c2cccc(Cl)c2)c1)N1CCc2cc(S(=O)(=O)N3CCCCC3)ccc21.